The van der Waals surface area contributed by atoms with E-state index in [1.165, 1.54) is 55.7 Å². The summed E-state index contributed by atoms with van der Waals surface area (Å²) in [5, 5.41) is 0. The second-order valence-electron chi connectivity index (χ2n) is 14.6. The Bertz CT molecular complexity index is 1440. The minimum absolute atomic E-state index is 0.0798. The fourth-order valence-electron chi connectivity index (χ4n) is 4.49. The molecule has 0 aliphatic rings. The third kappa shape index (κ3) is 30.1. The number of allylic oxidation sites excluding steroid dienone is 21. The third-order valence-corrected chi connectivity index (χ3v) is 8.94. The average molecular weight is 707 g/mol. The summed E-state index contributed by atoms with van der Waals surface area (Å²) in [6.07, 6.45) is 34.7. The van der Waals surface area contributed by atoms with Crippen molar-refractivity contribution in [2.75, 3.05) is 6.61 Å². The van der Waals surface area contributed by atoms with Gasteiger partial charge in [0.05, 0.1) is 6.61 Å². The van der Waals surface area contributed by atoms with Gasteiger partial charge < -0.3 is 9.79 Å². The van der Waals surface area contributed by atoms with E-state index >= 15 is 0 Å². The van der Waals surface area contributed by atoms with Gasteiger partial charge in [-0.25, -0.2) is 4.57 Å². The molecule has 0 atom stereocenters. The molecule has 0 saturated heterocycles. The predicted molar refractivity (Wildman–Crippen MR) is 221 cm³/mol. The number of rotatable bonds is 23. The lowest BCUT2D eigenvalue weighted by molar-refractivity contribution is 0.215. The van der Waals surface area contributed by atoms with Gasteiger partial charge in [-0.15, -0.1) is 0 Å². The summed E-state index contributed by atoms with van der Waals surface area (Å²) in [5.41, 5.74) is 15.0. The molecule has 4 nitrogen and oxygen atoms in total. The zero-order valence-electron chi connectivity index (χ0n) is 33.8. The van der Waals surface area contributed by atoms with Crippen LogP contribution < -0.4 is 0 Å². The van der Waals surface area contributed by atoms with E-state index in [0.717, 1.165) is 69.8 Å². The second kappa shape index (κ2) is 27.0. The molecule has 0 heterocycles. The summed E-state index contributed by atoms with van der Waals surface area (Å²) in [4.78, 5) is 17.5. The highest BCUT2D eigenvalue weighted by atomic mass is 31.2. The van der Waals surface area contributed by atoms with Gasteiger partial charge in [-0.1, -0.05) is 128 Å². The molecule has 0 rings (SSSR count). The Morgan fingerprint density at radius 3 is 0.720 bits per heavy atom. The van der Waals surface area contributed by atoms with E-state index in [2.05, 4.69) is 141 Å². The molecule has 0 aromatic rings. The van der Waals surface area contributed by atoms with Crippen molar-refractivity contribution in [2.24, 2.45) is 0 Å². The first kappa shape index (κ1) is 47.2. The number of phosphoric acid groups is 1. The lowest BCUT2D eigenvalue weighted by Gasteiger charge is -2.04. The standard InChI is InChI=1S/C45H71O4P/c1-35(2)13-14-36(3)15-16-37(4)17-18-38(5)19-20-39(6)21-22-40(7)23-24-41(8)25-26-42(9)27-28-43(10)29-30-44(11)31-32-45(12)33-34-49-50(46,47)48/h13,15,17,19,21,23,25,27,29,31,33H,14,16,18,20,22,24,26,28,30,32,34H2,1-12H3,(H2,46,47,48)/b36-15+,37-17+,38-19+,39-21+,40-23+,41-25+,42-27+,43-29+,44-31+,45-33+. The van der Waals surface area contributed by atoms with Crippen molar-refractivity contribution in [3.05, 3.63) is 128 Å². The summed E-state index contributed by atoms with van der Waals surface area (Å²) in [7, 11) is -4.41. The van der Waals surface area contributed by atoms with Crippen LogP contribution in [0.25, 0.3) is 0 Å². The van der Waals surface area contributed by atoms with E-state index in [0.29, 0.717) is 0 Å². The molecule has 0 aromatic carbocycles. The lowest BCUT2D eigenvalue weighted by atomic mass is 10.0. The first-order valence-electron chi connectivity index (χ1n) is 18.3. The molecule has 5 heteroatoms. The molecule has 0 bridgehead atoms. The monoisotopic (exact) mass is 707 g/mol. The maximum Gasteiger partial charge on any atom is 0.469 e. The Kier molecular flexibility index (Phi) is 25.5. The minimum Gasteiger partial charge on any atom is -0.303 e. The van der Waals surface area contributed by atoms with Crippen LogP contribution >= 0.6 is 7.82 Å². The summed E-state index contributed by atoms with van der Waals surface area (Å²) in [6, 6.07) is 0. The van der Waals surface area contributed by atoms with Gasteiger partial charge >= 0.3 is 7.82 Å². The molecule has 0 unspecified atom stereocenters. The number of hydrogen-bond acceptors (Lipinski definition) is 2. The average Bonchev–Trinajstić information content (AvgIpc) is 3.04. The topological polar surface area (TPSA) is 66.8 Å². The van der Waals surface area contributed by atoms with E-state index in [1.807, 2.05) is 6.92 Å². The van der Waals surface area contributed by atoms with Gasteiger partial charge in [-0.3, -0.25) is 4.52 Å². The Morgan fingerprint density at radius 1 is 0.360 bits per heavy atom. The van der Waals surface area contributed by atoms with Crippen LogP contribution in [0.5, 0.6) is 0 Å². The van der Waals surface area contributed by atoms with Crippen molar-refractivity contribution in [2.45, 2.75) is 147 Å². The summed E-state index contributed by atoms with van der Waals surface area (Å²) in [6.45, 7) is 26.1. The fourth-order valence-corrected chi connectivity index (χ4v) is 4.76. The first-order valence-corrected chi connectivity index (χ1v) is 19.8. The van der Waals surface area contributed by atoms with Gasteiger partial charge in [0.25, 0.3) is 0 Å². The van der Waals surface area contributed by atoms with Crippen LogP contribution in [-0.4, -0.2) is 16.4 Å². The fraction of sp³-hybridized carbons (Fsp3) is 0.511. The van der Waals surface area contributed by atoms with Gasteiger partial charge in [-0.2, -0.15) is 0 Å². The zero-order chi connectivity index (χ0) is 38.1. The highest BCUT2D eigenvalue weighted by Gasteiger charge is 2.11. The van der Waals surface area contributed by atoms with Gasteiger partial charge in [-0.05, 0) is 147 Å². The highest BCUT2D eigenvalue weighted by Crippen LogP contribution is 2.35. The molecule has 0 aliphatic carbocycles. The molecule has 2 N–H and O–H groups in total. The smallest absolute Gasteiger partial charge is 0.303 e. The molecule has 0 saturated carbocycles. The maximum absolute atomic E-state index is 10.8. The maximum atomic E-state index is 10.8. The van der Waals surface area contributed by atoms with Crippen molar-refractivity contribution in [1.29, 1.82) is 0 Å². The molecular formula is C45H71O4P. The Hall–Kier alpha value is -2.75. The molecule has 0 radical (unpaired) electrons. The summed E-state index contributed by atoms with van der Waals surface area (Å²) in [5.74, 6) is 0. The number of phosphoric ester groups is 1. The van der Waals surface area contributed by atoms with Crippen molar-refractivity contribution in [3.63, 3.8) is 0 Å². The van der Waals surface area contributed by atoms with E-state index in [1.54, 1.807) is 6.08 Å². The lowest BCUT2D eigenvalue weighted by Crippen LogP contribution is -1.89. The van der Waals surface area contributed by atoms with Crippen LogP contribution in [0.4, 0.5) is 0 Å². The molecule has 0 fully saturated rings. The zero-order valence-corrected chi connectivity index (χ0v) is 34.7. The third-order valence-electron chi connectivity index (χ3n) is 8.46. The Labute approximate surface area is 307 Å². The van der Waals surface area contributed by atoms with Crippen LogP contribution in [0.2, 0.25) is 0 Å². The molecule has 0 aromatic heterocycles. The Balaban J connectivity index is 4.68. The summed E-state index contributed by atoms with van der Waals surface area (Å²) >= 11 is 0. The van der Waals surface area contributed by atoms with Crippen molar-refractivity contribution >= 4 is 7.82 Å². The first-order chi connectivity index (χ1) is 23.4. The van der Waals surface area contributed by atoms with E-state index < -0.39 is 7.82 Å². The SMILES string of the molecule is CC(C)=CC/C(C)=C/C/C(C)=C/C/C(C)=C/C/C(C)=C/C/C(C)=C/C/C(C)=C/C/C(C)=C/C/C(C)=C/C/C(C)=C/C/C(C)=C/COP(=O)(O)O. The van der Waals surface area contributed by atoms with Crippen molar-refractivity contribution in [3.8, 4) is 0 Å². The summed E-state index contributed by atoms with van der Waals surface area (Å²) < 4.78 is 15.3. The molecule has 280 valence electrons. The molecule has 0 amide bonds. The number of hydrogen-bond donors (Lipinski definition) is 2. The van der Waals surface area contributed by atoms with Gasteiger partial charge in [0.15, 0.2) is 0 Å². The molecular weight excluding hydrogens is 635 g/mol. The van der Waals surface area contributed by atoms with Gasteiger partial charge in [0.1, 0.15) is 0 Å². The minimum atomic E-state index is -4.41. The van der Waals surface area contributed by atoms with Crippen LogP contribution in [0.15, 0.2) is 128 Å². The van der Waals surface area contributed by atoms with Crippen LogP contribution in [-0.2, 0) is 9.09 Å². The Morgan fingerprint density at radius 2 is 0.540 bits per heavy atom. The normalized spacial score (nSPS) is 15.6. The highest BCUT2D eigenvalue weighted by molar-refractivity contribution is 7.46. The van der Waals surface area contributed by atoms with Crippen molar-refractivity contribution in [1.82, 2.24) is 0 Å². The predicted octanol–water partition coefficient (Wildman–Crippen LogP) is 14.4. The molecule has 0 spiro atoms. The molecule has 50 heavy (non-hydrogen) atoms. The van der Waals surface area contributed by atoms with E-state index in [9.17, 15) is 4.57 Å². The quantitative estimate of drug-likeness (QED) is 0.0820. The van der Waals surface area contributed by atoms with Gasteiger partial charge in [0.2, 0.25) is 0 Å². The largest absolute Gasteiger partial charge is 0.469 e. The van der Waals surface area contributed by atoms with Crippen LogP contribution in [0.3, 0.4) is 0 Å². The molecule has 0 aliphatic heterocycles. The second-order valence-corrected chi connectivity index (χ2v) is 15.9. The van der Waals surface area contributed by atoms with Crippen molar-refractivity contribution < 1.29 is 18.9 Å². The van der Waals surface area contributed by atoms with E-state index in [-0.39, 0.29) is 6.61 Å². The van der Waals surface area contributed by atoms with E-state index in [4.69, 9.17) is 9.79 Å². The van der Waals surface area contributed by atoms with Gasteiger partial charge in [0, 0.05) is 0 Å². The van der Waals surface area contributed by atoms with Crippen LogP contribution in [0.1, 0.15) is 147 Å². The van der Waals surface area contributed by atoms with Crippen LogP contribution in [0, 0.1) is 0 Å².